The average Bonchev–Trinajstić information content (AvgIpc) is 3.17. The normalized spacial score (nSPS) is 68.3. The molecule has 6 rings (SSSR count). The minimum Gasteiger partial charge on any atom is -0.633 e. The molecule has 1 aliphatic heterocycles. The zero-order valence-corrected chi connectivity index (χ0v) is 16.5. The standard InChI is InChI=1S/C22H33NO4/c1-4-23(27)10-20(3)6-5-17(25)22-15(20)7-13(18(22)23)21-9-12(11(2)19(21)26)14(24)8-16(21)22/h12-19,24-26H,2,4-10H2,1,3H3/t12-,13-,14-,15+,16+,17-,18?,19+,20-,21-,22-,23-/m0/s1. The van der Waals surface area contributed by atoms with Gasteiger partial charge in [-0.25, -0.2) is 0 Å². The van der Waals surface area contributed by atoms with Gasteiger partial charge in [-0.3, -0.25) is 0 Å². The highest BCUT2D eigenvalue weighted by Crippen LogP contribution is 2.84. The second-order valence-corrected chi connectivity index (χ2v) is 11.2. The van der Waals surface area contributed by atoms with Crippen molar-refractivity contribution in [3.05, 3.63) is 17.4 Å². The first kappa shape index (κ1) is 17.4. The molecule has 6 aliphatic rings. The lowest BCUT2D eigenvalue weighted by molar-refractivity contribution is -0.927. The molecule has 1 unspecified atom stereocenters. The lowest BCUT2D eigenvalue weighted by Gasteiger charge is -2.68. The fourth-order valence-corrected chi connectivity index (χ4v) is 10.3. The van der Waals surface area contributed by atoms with E-state index in [9.17, 15) is 20.5 Å². The number of nitrogens with zero attached hydrogens (tertiary/aromatic N) is 1. The molecule has 5 saturated carbocycles. The maximum absolute atomic E-state index is 14.2. The summed E-state index contributed by atoms with van der Waals surface area (Å²) in [6, 6.07) is -0.132. The molecule has 3 N–H and O–H groups in total. The Hall–Kier alpha value is -0.460. The van der Waals surface area contributed by atoms with Gasteiger partial charge >= 0.3 is 0 Å². The van der Waals surface area contributed by atoms with Crippen molar-refractivity contribution in [2.45, 2.75) is 70.3 Å². The third-order valence-electron chi connectivity index (χ3n) is 10.9. The highest BCUT2D eigenvalue weighted by Gasteiger charge is 2.88. The molecular formula is C22H33NO4. The quantitative estimate of drug-likeness (QED) is 0.371. The minimum absolute atomic E-state index is 0.0344. The number of aliphatic hydroxyl groups excluding tert-OH is 3. The first-order valence-electron chi connectivity index (χ1n) is 11.0. The van der Waals surface area contributed by atoms with Gasteiger partial charge in [0.25, 0.3) is 0 Å². The van der Waals surface area contributed by atoms with Crippen molar-refractivity contribution in [1.29, 1.82) is 0 Å². The molecule has 7 bridgehead atoms. The van der Waals surface area contributed by atoms with E-state index in [2.05, 4.69) is 13.5 Å². The Labute approximate surface area is 161 Å². The summed E-state index contributed by atoms with van der Waals surface area (Å²) < 4.78 is -0.215. The summed E-state index contributed by atoms with van der Waals surface area (Å²) in [5.41, 5.74) is -0.0521. The number of hydrogen-bond acceptors (Lipinski definition) is 4. The molecular weight excluding hydrogens is 342 g/mol. The second-order valence-electron chi connectivity index (χ2n) is 11.2. The van der Waals surface area contributed by atoms with Crippen LogP contribution in [0.5, 0.6) is 0 Å². The molecule has 0 aromatic carbocycles. The smallest absolute Gasteiger partial charge is 0.101 e. The Bertz CT molecular complexity index is 742. The Kier molecular flexibility index (Phi) is 2.99. The molecule has 5 heteroatoms. The van der Waals surface area contributed by atoms with Gasteiger partial charge in [0.2, 0.25) is 0 Å². The summed E-state index contributed by atoms with van der Waals surface area (Å²) in [5.74, 6) is 0.473. The molecule has 12 atom stereocenters. The first-order valence-corrected chi connectivity index (χ1v) is 11.0. The van der Waals surface area contributed by atoms with E-state index >= 15 is 0 Å². The average molecular weight is 376 g/mol. The number of hydrogen-bond donors (Lipinski definition) is 3. The van der Waals surface area contributed by atoms with Crippen LogP contribution < -0.4 is 0 Å². The van der Waals surface area contributed by atoms with Crippen molar-refractivity contribution in [3.8, 4) is 0 Å². The SMILES string of the molecule is C=C1[C@@H](O)[C@]23C[C@@H]1[C@@H](O)C[C@H]2[C@@]12C4[C@@H]3C[C@@H]1[C@@](C)(CC[C@@H]2O)C[N@@+]4([O-])CC. The molecule has 2 spiro atoms. The van der Waals surface area contributed by atoms with E-state index in [4.69, 9.17) is 0 Å². The molecule has 0 radical (unpaired) electrons. The number of likely N-dealkylation sites (tertiary alicyclic amines) is 1. The van der Waals surface area contributed by atoms with Crippen LogP contribution in [0, 0.1) is 45.1 Å². The van der Waals surface area contributed by atoms with Crippen LogP contribution >= 0.6 is 0 Å². The molecule has 1 heterocycles. The predicted molar refractivity (Wildman–Crippen MR) is 100 cm³/mol. The lowest BCUT2D eigenvalue weighted by atomic mass is 9.43. The number of piperidine rings is 1. The third-order valence-corrected chi connectivity index (χ3v) is 10.9. The zero-order valence-electron chi connectivity index (χ0n) is 16.5. The van der Waals surface area contributed by atoms with Gasteiger partial charge in [-0.15, -0.1) is 0 Å². The minimum atomic E-state index is -0.638. The van der Waals surface area contributed by atoms with Gasteiger partial charge in [0.15, 0.2) is 0 Å². The maximum atomic E-state index is 14.2. The summed E-state index contributed by atoms with van der Waals surface area (Å²) in [6.07, 6.45) is 2.37. The molecule has 6 fully saturated rings. The number of hydroxylamine groups is 3. The van der Waals surface area contributed by atoms with Crippen LogP contribution in [0.15, 0.2) is 12.2 Å². The van der Waals surface area contributed by atoms with E-state index in [0.29, 0.717) is 25.4 Å². The van der Waals surface area contributed by atoms with Crippen LogP contribution in [0.1, 0.15) is 46.0 Å². The highest BCUT2D eigenvalue weighted by atomic mass is 16.5. The number of rotatable bonds is 1. The second kappa shape index (κ2) is 4.65. The van der Waals surface area contributed by atoms with Gasteiger partial charge < -0.3 is 25.2 Å². The third kappa shape index (κ3) is 1.49. The topological polar surface area (TPSA) is 83.8 Å². The van der Waals surface area contributed by atoms with Gasteiger partial charge in [-0.2, -0.15) is 0 Å². The molecule has 150 valence electrons. The van der Waals surface area contributed by atoms with E-state index in [1.165, 1.54) is 0 Å². The summed E-state index contributed by atoms with van der Waals surface area (Å²) >= 11 is 0. The van der Waals surface area contributed by atoms with E-state index in [-0.39, 0.29) is 39.3 Å². The fraction of sp³-hybridized carbons (Fsp3) is 0.909. The van der Waals surface area contributed by atoms with Crippen LogP contribution in [-0.4, -0.2) is 57.4 Å². The molecule has 0 aromatic rings. The molecule has 5 aliphatic carbocycles. The zero-order chi connectivity index (χ0) is 19.1. The lowest BCUT2D eigenvalue weighted by Crippen LogP contribution is -2.73. The van der Waals surface area contributed by atoms with Gasteiger partial charge in [-0.05, 0) is 56.4 Å². The van der Waals surface area contributed by atoms with Crippen molar-refractivity contribution in [2.75, 3.05) is 13.1 Å². The van der Waals surface area contributed by atoms with Crippen LogP contribution in [0.3, 0.4) is 0 Å². The van der Waals surface area contributed by atoms with E-state index < -0.39 is 23.7 Å². The Morgan fingerprint density at radius 3 is 2.67 bits per heavy atom. The molecule has 5 nitrogen and oxygen atoms in total. The highest BCUT2D eigenvalue weighted by molar-refractivity contribution is 5.38. The predicted octanol–water partition coefficient (Wildman–Crippen LogP) is 1.80. The van der Waals surface area contributed by atoms with Crippen molar-refractivity contribution >= 4 is 0 Å². The molecule has 27 heavy (non-hydrogen) atoms. The Morgan fingerprint density at radius 2 is 1.96 bits per heavy atom. The van der Waals surface area contributed by atoms with Crippen molar-refractivity contribution in [3.63, 3.8) is 0 Å². The number of quaternary nitrogens is 1. The number of aliphatic hydroxyl groups is 3. The summed E-state index contributed by atoms with van der Waals surface area (Å²) in [6.45, 7) is 9.62. The van der Waals surface area contributed by atoms with Crippen LogP contribution in [0.4, 0.5) is 0 Å². The van der Waals surface area contributed by atoms with Crippen LogP contribution in [0.25, 0.3) is 0 Å². The van der Waals surface area contributed by atoms with E-state index in [1.807, 2.05) is 6.92 Å². The molecule has 0 aromatic heterocycles. The van der Waals surface area contributed by atoms with Crippen LogP contribution in [-0.2, 0) is 0 Å². The van der Waals surface area contributed by atoms with E-state index in [0.717, 1.165) is 31.3 Å². The van der Waals surface area contributed by atoms with Gasteiger partial charge in [-0.1, -0.05) is 13.5 Å². The maximum Gasteiger partial charge on any atom is 0.101 e. The fourth-order valence-electron chi connectivity index (χ4n) is 10.3. The Morgan fingerprint density at radius 1 is 1.22 bits per heavy atom. The van der Waals surface area contributed by atoms with Gasteiger partial charge in [0.05, 0.1) is 36.8 Å². The summed E-state index contributed by atoms with van der Waals surface area (Å²) in [4.78, 5) is 0. The van der Waals surface area contributed by atoms with E-state index in [1.54, 1.807) is 0 Å². The Balaban J connectivity index is 1.63. The van der Waals surface area contributed by atoms with Gasteiger partial charge in [0.1, 0.15) is 6.04 Å². The molecule has 1 saturated heterocycles. The van der Waals surface area contributed by atoms with Gasteiger partial charge in [0, 0.05) is 22.7 Å². The molecule has 0 amide bonds. The first-order chi connectivity index (χ1) is 12.7. The summed E-state index contributed by atoms with van der Waals surface area (Å²) in [7, 11) is 0. The van der Waals surface area contributed by atoms with Crippen molar-refractivity contribution < 1.29 is 20.0 Å². The van der Waals surface area contributed by atoms with Crippen molar-refractivity contribution in [2.24, 2.45) is 39.9 Å². The monoisotopic (exact) mass is 375 g/mol. The van der Waals surface area contributed by atoms with Crippen LogP contribution in [0.2, 0.25) is 0 Å². The number of fused-ring (bicyclic) bond motifs is 1. The largest absolute Gasteiger partial charge is 0.633 e. The summed E-state index contributed by atoms with van der Waals surface area (Å²) in [5, 5.41) is 48.0. The van der Waals surface area contributed by atoms with Crippen molar-refractivity contribution in [1.82, 2.24) is 0 Å².